The van der Waals surface area contributed by atoms with Gasteiger partial charge in [-0.25, -0.2) is 5.43 Å². The van der Waals surface area contributed by atoms with Crippen LogP contribution in [-0.4, -0.2) is 40.1 Å². The third-order valence-corrected chi connectivity index (χ3v) is 3.43. The zero-order chi connectivity index (χ0) is 19.8. The minimum Gasteiger partial charge on any atom is -0.493 e. The summed E-state index contributed by atoms with van der Waals surface area (Å²) in [6.07, 6.45) is 1.20. The van der Waals surface area contributed by atoms with Crippen LogP contribution in [0.4, 0.5) is 8.78 Å². The molecule has 0 unspecified atom stereocenters. The predicted octanol–water partition coefficient (Wildman–Crippen LogP) is 3.08. The third kappa shape index (κ3) is 5.06. The molecule has 0 aliphatic heterocycles. The van der Waals surface area contributed by atoms with Crippen molar-refractivity contribution in [2.45, 2.75) is 6.61 Å². The second-order valence-corrected chi connectivity index (χ2v) is 5.03. The van der Waals surface area contributed by atoms with E-state index in [4.69, 9.17) is 14.2 Å². The molecule has 0 aromatic heterocycles. The highest BCUT2D eigenvalue weighted by Gasteiger charge is 2.16. The Balaban J connectivity index is 2.18. The minimum absolute atomic E-state index is 0.0571. The maximum Gasteiger partial charge on any atom is 0.387 e. The number of hydrazone groups is 1. The van der Waals surface area contributed by atoms with Gasteiger partial charge in [0.05, 0.1) is 27.5 Å². The van der Waals surface area contributed by atoms with Crippen LogP contribution < -0.4 is 24.4 Å². The van der Waals surface area contributed by atoms with E-state index in [1.165, 1.54) is 51.8 Å². The van der Waals surface area contributed by atoms with Crippen LogP contribution in [0.25, 0.3) is 0 Å². The lowest BCUT2D eigenvalue weighted by atomic mass is 10.1. The molecule has 0 radical (unpaired) electrons. The molecule has 2 aromatic rings. The average Bonchev–Trinajstić information content (AvgIpc) is 2.67. The maximum atomic E-state index is 12.4. The molecular formula is C18H18F2N2O5. The number of methoxy groups -OCH3 is 3. The number of rotatable bonds is 8. The van der Waals surface area contributed by atoms with Crippen molar-refractivity contribution in [3.8, 4) is 23.0 Å². The molecular weight excluding hydrogens is 362 g/mol. The SMILES string of the molecule is COc1cc(C(=O)N/N=C\c2ccccc2OC(F)F)cc(OC)c1OC. The van der Waals surface area contributed by atoms with Crippen molar-refractivity contribution in [2.75, 3.05) is 21.3 Å². The highest BCUT2D eigenvalue weighted by molar-refractivity contribution is 5.96. The number of nitrogens with zero attached hydrogens (tertiary/aromatic N) is 1. The van der Waals surface area contributed by atoms with Crippen LogP contribution in [0, 0.1) is 0 Å². The van der Waals surface area contributed by atoms with Crippen LogP contribution in [0.5, 0.6) is 23.0 Å². The monoisotopic (exact) mass is 380 g/mol. The molecule has 0 bridgehead atoms. The summed E-state index contributed by atoms with van der Waals surface area (Å²) >= 11 is 0. The number of carbonyl (C=O) groups is 1. The Kier molecular flexibility index (Phi) is 6.93. The molecule has 0 atom stereocenters. The quantitative estimate of drug-likeness (QED) is 0.563. The largest absolute Gasteiger partial charge is 0.493 e. The molecule has 0 saturated heterocycles. The van der Waals surface area contributed by atoms with Gasteiger partial charge in [0.15, 0.2) is 11.5 Å². The van der Waals surface area contributed by atoms with E-state index in [-0.39, 0.29) is 16.9 Å². The van der Waals surface area contributed by atoms with Crippen LogP contribution in [0.2, 0.25) is 0 Å². The van der Waals surface area contributed by atoms with Gasteiger partial charge in [-0.3, -0.25) is 4.79 Å². The van der Waals surface area contributed by atoms with E-state index in [0.29, 0.717) is 17.2 Å². The van der Waals surface area contributed by atoms with Gasteiger partial charge in [-0.15, -0.1) is 0 Å². The van der Waals surface area contributed by atoms with Crippen molar-refractivity contribution >= 4 is 12.1 Å². The average molecular weight is 380 g/mol. The Bertz CT molecular complexity index is 802. The maximum absolute atomic E-state index is 12.4. The normalized spacial score (nSPS) is 10.7. The van der Waals surface area contributed by atoms with Crippen molar-refractivity contribution in [3.05, 3.63) is 47.5 Å². The summed E-state index contributed by atoms with van der Waals surface area (Å²) in [5.41, 5.74) is 2.79. The second-order valence-electron chi connectivity index (χ2n) is 5.03. The van der Waals surface area contributed by atoms with Gasteiger partial charge in [0.25, 0.3) is 5.91 Å². The van der Waals surface area contributed by atoms with Crippen molar-refractivity contribution < 1.29 is 32.5 Å². The number of nitrogens with one attached hydrogen (secondary N) is 1. The molecule has 0 aliphatic rings. The van der Waals surface area contributed by atoms with Gasteiger partial charge in [-0.05, 0) is 24.3 Å². The third-order valence-electron chi connectivity index (χ3n) is 3.43. The molecule has 0 spiro atoms. The molecule has 144 valence electrons. The number of ether oxygens (including phenoxy) is 4. The van der Waals surface area contributed by atoms with E-state index >= 15 is 0 Å². The number of hydrogen-bond donors (Lipinski definition) is 1. The Morgan fingerprint density at radius 3 is 2.22 bits per heavy atom. The standard InChI is InChI=1S/C18H18F2N2O5/c1-24-14-8-12(9-15(25-2)16(14)26-3)17(23)22-21-10-11-6-4-5-7-13(11)27-18(19)20/h4-10,18H,1-3H3,(H,22,23)/b21-10-. The molecule has 2 aromatic carbocycles. The summed E-state index contributed by atoms with van der Waals surface area (Å²) in [6.45, 7) is -2.96. The Hall–Kier alpha value is -3.36. The fraction of sp³-hybridized carbons (Fsp3) is 0.222. The van der Waals surface area contributed by atoms with Crippen molar-refractivity contribution in [2.24, 2.45) is 5.10 Å². The van der Waals surface area contributed by atoms with Gasteiger partial charge in [-0.2, -0.15) is 13.9 Å². The zero-order valence-corrected chi connectivity index (χ0v) is 14.9. The molecule has 7 nitrogen and oxygen atoms in total. The first kappa shape index (κ1) is 20.0. The summed E-state index contributed by atoms with van der Waals surface area (Å²) < 4.78 is 44.8. The first-order valence-corrected chi connectivity index (χ1v) is 7.67. The van der Waals surface area contributed by atoms with Crippen molar-refractivity contribution in [1.82, 2.24) is 5.43 Å². The number of carbonyl (C=O) groups excluding carboxylic acids is 1. The van der Waals surface area contributed by atoms with Crippen LogP contribution in [0.15, 0.2) is 41.5 Å². The molecule has 9 heteroatoms. The van der Waals surface area contributed by atoms with Gasteiger partial charge < -0.3 is 18.9 Å². The Morgan fingerprint density at radius 2 is 1.67 bits per heavy atom. The summed E-state index contributed by atoms with van der Waals surface area (Å²) in [5.74, 6) is 0.345. The smallest absolute Gasteiger partial charge is 0.387 e. The molecule has 1 N–H and O–H groups in total. The molecule has 0 saturated carbocycles. The summed E-state index contributed by atoms with van der Waals surface area (Å²) in [7, 11) is 4.30. The van der Waals surface area contributed by atoms with Crippen LogP contribution in [-0.2, 0) is 0 Å². The van der Waals surface area contributed by atoms with Gasteiger partial charge >= 0.3 is 6.61 Å². The molecule has 0 heterocycles. The minimum atomic E-state index is -2.96. The lowest BCUT2D eigenvalue weighted by Crippen LogP contribution is -2.18. The topological polar surface area (TPSA) is 78.4 Å². The lowest BCUT2D eigenvalue weighted by molar-refractivity contribution is -0.0499. The van der Waals surface area contributed by atoms with Crippen molar-refractivity contribution in [3.63, 3.8) is 0 Å². The molecule has 0 aliphatic carbocycles. The number of hydrogen-bond acceptors (Lipinski definition) is 6. The van der Waals surface area contributed by atoms with E-state index in [0.717, 1.165) is 0 Å². The van der Waals surface area contributed by atoms with Crippen LogP contribution in [0.1, 0.15) is 15.9 Å². The van der Waals surface area contributed by atoms with Gasteiger partial charge in [0.2, 0.25) is 5.75 Å². The van der Waals surface area contributed by atoms with E-state index in [1.807, 2.05) is 0 Å². The molecule has 1 amide bonds. The van der Waals surface area contributed by atoms with Crippen LogP contribution >= 0.6 is 0 Å². The number of alkyl halides is 2. The number of halogens is 2. The van der Waals surface area contributed by atoms with Gasteiger partial charge in [-0.1, -0.05) is 12.1 Å². The van der Waals surface area contributed by atoms with Crippen molar-refractivity contribution in [1.29, 1.82) is 0 Å². The number of benzene rings is 2. The summed E-state index contributed by atoms with van der Waals surface area (Å²) in [6, 6.07) is 8.98. The van der Waals surface area contributed by atoms with E-state index in [1.54, 1.807) is 12.1 Å². The first-order chi connectivity index (χ1) is 13.0. The van der Waals surface area contributed by atoms with Gasteiger partial charge in [0, 0.05) is 11.1 Å². The highest BCUT2D eigenvalue weighted by atomic mass is 19.3. The Labute approximate surface area is 154 Å². The molecule has 2 rings (SSSR count). The van der Waals surface area contributed by atoms with Crippen LogP contribution in [0.3, 0.4) is 0 Å². The highest BCUT2D eigenvalue weighted by Crippen LogP contribution is 2.38. The second kappa shape index (κ2) is 9.37. The summed E-state index contributed by atoms with van der Waals surface area (Å²) in [5, 5.41) is 3.78. The van der Waals surface area contributed by atoms with E-state index in [2.05, 4.69) is 15.3 Å². The van der Waals surface area contributed by atoms with E-state index < -0.39 is 12.5 Å². The predicted molar refractivity (Wildman–Crippen MR) is 94.2 cm³/mol. The van der Waals surface area contributed by atoms with Gasteiger partial charge in [0.1, 0.15) is 5.75 Å². The first-order valence-electron chi connectivity index (χ1n) is 7.67. The number of para-hydroxylation sites is 1. The fourth-order valence-electron chi connectivity index (χ4n) is 2.23. The fourth-order valence-corrected chi connectivity index (χ4v) is 2.23. The van der Waals surface area contributed by atoms with E-state index in [9.17, 15) is 13.6 Å². The molecule has 0 fully saturated rings. The summed E-state index contributed by atoms with van der Waals surface area (Å²) in [4.78, 5) is 12.3. The zero-order valence-electron chi connectivity index (χ0n) is 14.9. The lowest BCUT2D eigenvalue weighted by Gasteiger charge is -2.13. The number of amides is 1. The Morgan fingerprint density at radius 1 is 1.04 bits per heavy atom. The molecule has 27 heavy (non-hydrogen) atoms.